The Morgan fingerprint density at radius 3 is 2.29 bits per heavy atom. The third-order valence-electron chi connectivity index (χ3n) is 6.08. The van der Waals surface area contributed by atoms with Crippen molar-refractivity contribution < 1.29 is 37.1 Å². The smallest absolute Gasteiger partial charge is 0.418 e. The Kier molecular flexibility index (Phi) is 5.10. The Labute approximate surface area is 175 Å². The van der Waals surface area contributed by atoms with Crippen molar-refractivity contribution in [3.63, 3.8) is 0 Å². The van der Waals surface area contributed by atoms with E-state index >= 15 is 0 Å². The fourth-order valence-corrected chi connectivity index (χ4v) is 4.70. The highest BCUT2D eigenvalue weighted by Gasteiger charge is 2.60. The number of hydrogen-bond donors (Lipinski definition) is 1. The number of carbonyl (C=O) groups excluding carboxylic acids is 4. The number of nitrogens with zero attached hydrogens (tertiary/aromatic N) is 1. The predicted molar refractivity (Wildman–Crippen MR) is 100 cm³/mol. The zero-order valence-corrected chi connectivity index (χ0v) is 16.4. The number of rotatable bonds is 5. The molecule has 1 N–H and O–H groups in total. The minimum absolute atomic E-state index is 0.0147. The molecule has 2 fully saturated rings. The van der Waals surface area contributed by atoms with Crippen LogP contribution in [-0.2, 0) is 30.1 Å². The zero-order valence-electron chi connectivity index (χ0n) is 16.4. The number of para-hydroxylation sites is 1. The third-order valence-corrected chi connectivity index (χ3v) is 6.08. The van der Waals surface area contributed by atoms with E-state index in [1.807, 2.05) is 12.2 Å². The number of imide groups is 1. The number of halogens is 3. The van der Waals surface area contributed by atoms with Gasteiger partial charge in [0, 0.05) is 0 Å². The van der Waals surface area contributed by atoms with Crippen molar-refractivity contribution in [1.29, 1.82) is 0 Å². The molecule has 7 nitrogen and oxygen atoms in total. The normalized spacial score (nSPS) is 27.4. The van der Waals surface area contributed by atoms with Gasteiger partial charge in [-0.05, 0) is 37.3 Å². The molecule has 1 aliphatic heterocycles. The van der Waals surface area contributed by atoms with Crippen LogP contribution in [0.2, 0.25) is 0 Å². The molecular formula is C21H19F3N2O5. The number of nitrogens with one attached hydrogen (secondary N) is 1. The average molecular weight is 436 g/mol. The van der Waals surface area contributed by atoms with Gasteiger partial charge >= 0.3 is 12.1 Å². The van der Waals surface area contributed by atoms with E-state index in [4.69, 9.17) is 4.74 Å². The standard InChI is InChI=1S/C21H19F3N2O5/c1-10(26-18(28)16-11-6-7-12(8-11)17(16)19(26)29)20(30)31-9-15(27)25-14-5-3-2-4-13(14)21(22,23)24/h2-7,10-12,16-17H,8-9H2,1H3,(H,25,27)/t10-,11+,12+,16-,17+/m1/s1. The van der Waals surface area contributed by atoms with E-state index in [-0.39, 0.29) is 11.8 Å². The summed E-state index contributed by atoms with van der Waals surface area (Å²) in [5, 5.41) is 2.06. The number of fused-ring (bicyclic) bond motifs is 5. The van der Waals surface area contributed by atoms with Crippen LogP contribution in [0.4, 0.5) is 18.9 Å². The van der Waals surface area contributed by atoms with E-state index in [2.05, 4.69) is 5.32 Å². The van der Waals surface area contributed by atoms with Crippen molar-refractivity contribution in [3.05, 3.63) is 42.0 Å². The number of allylic oxidation sites excluding steroid dienone is 2. The van der Waals surface area contributed by atoms with Crippen molar-refractivity contribution >= 4 is 29.4 Å². The maximum absolute atomic E-state index is 13.0. The number of likely N-dealkylation sites (tertiary alicyclic amines) is 1. The summed E-state index contributed by atoms with van der Waals surface area (Å²) in [6.45, 7) is 0.469. The van der Waals surface area contributed by atoms with E-state index in [0.29, 0.717) is 0 Å². The number of benzene rings is 1. The molecule has 1 heterocycles. The molecule has 3 amide bonds. The number of alkyl halides is 3. The summed E-state index contributed by atoms with van der Waals surface area (Å²) in [6, 6.07) is 3.16. The van der Waals surface area contributed by atoms with E-state index < -0.39 is 65.6 Å². The van der Waals surface area contributed by atoms with Gasteiger partial charge in [-0.15, -0.1) is 0 Å². The number of amides is 3. The molecule has 10 heteroatoms. The fourth-order valence-electron chi connectivity index (χ4n) is 4.70. The molecule has 0 radical (unpaired) electrons. The van der Waals surface area contributed by atoms with Gasteiger partial charge in [-0.2, -0.15) is 13.2 Å². The molecule has 2 aliphatic carbocycles. The first kappa shape index (κ1) is 21.1. The van der Waals surface area contributed by atoms with Crippen LogP contribution in [0.5, 0.6) is 0 Å². The monoisotopic (exact) mass is 436 g/mol. The lowest BCUT2D eigenvalue weighted by Crippen LogP contribution is -2.45. The lowest BCUT2D eigenvalue weighted by Gasteiger charge is -2.23. The highest BCUT2D eigenvalue weighted by molar-refractivity contribution is 6.09. The number of ether oxygens (including phenoxy) is 1. The fraction of sp³-hybridized carbons (Fsp3) is 0.429. The number of esters is 1. The zero-order chi connectivity index (χ0) is 22.5. The molecule has 4 rings (SSSR count). The van der Waals surface area contributed by atoms with Crippen molar-refractivity contribution in [2.45, 2.75) is 25.6 Å². The molecule has 0 spiro atoms. The highest BCUT2D eigenvalue weighted by Crippen LogP contribution is 2.52. The Morgan fingerprint density at radius 1 is 1.13 bits per heavy atom. The average Bonchev–Trinajstić information content (AvgIpc) is 3.39. The van der Waals surface area contributed by atoms with Crippen LogP contribution in [0.15, 0.2) is 36.4 Å². The molecule has 2 bridgehead atoms. The van der Waals surface area contributed by atoms with Crippen LogP contribution in [0, 0.1) is 23.7 Å². The molecule has 1 aromatic rings. The molecule has 1 saturated heterocycles. The highest BCUT2D eigenvalue weighted by atomic mass is 19.4. The molecule has 0 aromatic heterocycles. The molecule has 1 saturated carbocycles. The topological polar surface area (TPSA) is 92.8 Å². The van der Waals surface area contributed by atoms with Gasteiger partial charge in [-0.3, -0.25) is 19.3 Å². The lowest BCUT2D eigenvalue weighted by atomic mass is 9.85. The van der Waals surface area contributed by atoms with Gasteiger partial charge in [-0.1, -0.05) is 24.3 Å². The minimum Gasteiger partial charge on any atom is -0.454 e. The lowest BCUT2D eigenvalue weighted by molar-refractivity contribution is -0.159. The van der Waals surface area contributed by atoms with E-state index in [1.54, 1.807) is 0 Å². The maximum atomic E-state index is 13.0. The predicted octanol–water partition coefficient (Wildman–Crippen LogP) is 2.38. The molecular weight excluding hydrogens is 417 g/mol. The molecule has 5 atom stereocenters. The Morgan fingerprint density at radius 2 is 1.71 bits per heavy atom. The van der Waals surface area contributed by atoms with Gasteiger partial charge in [0.05, 0.1) is 23.1 Å². The van der Waals surface area contributed by atoms with Crippen LogP contribution in [0.3, 0.4) is 0 Å². The van der Waals surface area contributed by atoms with Crippen molar-refractivity contribution in [3.8, 4) is 0 Å². The number of hydrogen-bond acceptors (Lipinski definition) is 5. The minimum atomic E-state index is -4.67. The Hall–Kier alpha value is -3.17. The summed E-state index contributed by atoms with van der Waals surface area (Å²) >= 11 is 0. The van der Waals surface area contributed by atoms with Crippen LogP contribution >= 0.6 is 0 Å². The van der Waals surface area contributed by atoms with Crippen molar-refractivity contribution in [1.82, 2.24) is 4.90 Å². The van der Waals surface area contributed by atoms with Gasteiger partial charge < -0.3 is 10.1 Å². The molecule has 3 aliphatic rings. The van der Waals surface area contributed by atoms with Crippen LogP contribution in [0.1, 0.15) is 18.9 Å². The second-order valence-electron chi connectivity index (χ2n) is 7.92. The summed E-state index contributed by atoms with van der Waals surface area (Å²) in [4.78, 5) is 50.7. The summed E-state index contributed by atoms with van der Waals surface area (Å²) in [7, 11) is 0. The van der Waals surface area contributed by atoms with E-state index in [1.165, 1.54) is 19.1 Å². The SMILES string of the molecule is C[C@H](C(=O)OCC(=O)Nc1ccccc1C(F)(F)F)N1C(=O)[C@@H]2[C@H](C1=O)[C@H]1C=C[C@H]2C1. The van der Waals surface area contributed by atoms with Crippen molar-refractivity contribution in [2.75, 3.05) is 11.9 Å². The summed E-state index contributed by atoms with van der Waals surface area (Å²) in [5.74, 6) is -3.80. The third kappa shape index (κ3) is 3.60. The number of carbonyl (C=O) groups is 4. The Balaban J connectivity index is 1.36. The van der Waals surface area contributed by atoms with E-state index in [0.717, 1.165) is 23.5 Å². The second kappa shape index (κ2) is 7.51. The van der Waals surface area contributed by atoms with Gasteiger partial charge in [0.1, 0.15) is 6.04 Å². The van der Waals surface area contributed by atoms with E-state index in [9.17, 15) is 32.3 Å². The van der Waals surface area contributed by atoms with Crippen molar-refractivity contribution in [2.24, 2.45) is 23.7 Å². The first-order chi connectivity index (χ1) is 14.6. The summed E-state index contributed by atoms with van der Waals surface area (Å²) in [5.41, 5.74) is -1.50. The van der Waals surface area contributed by atoms with Gasteiger partial charge in [-0.25, -0.2) is 4.79 Å². The quantitative estimate of drug-likeness (QED) is 0.435. The largest absolute Gasteiger partial charge is 0.454 e. The van der Waals surface area contributed by atoms with Gasteiger partial charge in [0.15, 0.2) is 6.61 Å². The maximum Gasteiger partial charge on any atom is 0.418 e. The molecule has 164 valence electrons. The summed E-state index contributed by atoms with van der Waals surface area (Å²) in [6.07, 6.45) is -0.0732. The number of anilines is 1. The van der Waals surface area contributed by atoms with Crippen LogP contribution < -0.4 is 5.32 Å². The molecule has 0 unspecified atom stereocenters. The Bertz CT molecular complexity index is 959. The second-order valence-corrected chi connectivity index (χ2v) is 7.92. The molecule has 31 heavy (non-hydrogen) atoms. The first-order valence-electron chi connectivity index (χ1n) is 9.77. The summed E-state index contributed by atoms with van der Waals surface area (Å²) < 4.78 is 43.9. The first-order valence-corrected chi connectivity index (χ1v) is 9.77. The van der Waals surface area contributed by atoms with Gasteiger partial charge in [0.2, 0.25) is 11.8 Å². The van der Waals surface area contributed by atoms with Crippen LogP contribution in [-0.4, -0.2) is 41.2 Å². The molecule has 1 aromatic carbocycles. The van der Waals surface area contributed by atoms with Crippen LogP contribution in [0.25, 0.3) is 0 Å². The van der Waals surface area contributed by atoms with Gasteiger partial charge in [0.25, 0.3) is 5.91 Å².